The Morgan fingerprint density at radius 3 is 2.49 bits per heavy atom. The molecule has 0 bridgehead atoms. The third kappa shape index (κ3) is 3.92. The van der Waals surface area contributed by atoms with Gasteiger partial charge in [-0.2, -0.15) is 0 Å². The van der Waals surface area contributed by atoms with Gasteiger partial charge in [-0.25, -0.2) is 4.79 Å². The number of carbonyl (C=O) groups is 3. The summed E-state index contributed by atoms with van der Waals surface area (Å²) in [6, 6.07) is 0. The SMILES string of the molecule is CCN(CC)CC(=O)O[C@H]1CC[C@]2(C=O)C3CC[C@]4(C)[C@@H](C5=CC(=O)OC5)CC[C@]4(O)C3CC[C@]2(O)C1. The van der Waals surface area contributed by atoms with E-state index >= 15 is 0 Å². The Bertz CT molecular complexity index is 977. The van der Waals surface area contributed by atoms with Crippen molar-refractivity contribution in [1.29, 1.82) is 0 Å². The molecule has 5 rings (SSSR count). The number of ether oxygens (including phenoxy) is 2. The highest BCUT2D eigenvalue weighted by atomic mass is 16.5. The molecule has 0 radical (unpaired) electrons. The van der Waals surface area contributed by atoms with Crippen molar-refractivity contribution in [2.75, 3.05) is 26.2 Å². The topological polar surface area (TPSA) is 113 Å². The summed E-state index contributed by atoms with van der Waals surface area (Å²) in [5, 5.41) is 24.3. The maximum absolute atomic E-state index is 12.9. The molecule has 0 saturated heterocycles. The minimum absolute atomic E-state index is 0.0823. The van der Waals surface area contributed by atoms with Gasteiger partial charge in [0.25, 0.3) is 0 Å². The number of aliphatic hydroxyl groups is 2. The van der Waals surface area contributed by atoms with Crippen LogP contribution in [-0.4, -0.2) is 76.9 Å². The van der Waals surface area contributed by atoms with Crippen LogP contribution in [0.2, 0.25) is 0 Å². The van der Waals surface area contributed by atoms with Gasteiger partial charge in [-0.05, 0) is 87.8 Å². The Balaban J connectivity index is 1.35. The normalized spacial score (nSPS) is 44.9. The summed E-state index contributed by atoms with van der Waals surface area (Å²) in [7, 11) is 0. The zero-order chi connectivity index (χ0) is 26.6. The van der Waals surface area contributed by atoms with Crippen LogP contribution in [0.3, 0.4) is 0 Å². The lowest BCUT2D eigenvalue weighted by Crippen LogP contribution is -2.69. The van der Waals surface area contributed by atoms with Crippen molar-refractivity contribution in [3.05, 3.63) is 11.6 Å². The number of hydrogen-bond donors (Lipinski definition) is 2. The highest BCUT2D eigenvalue weighted by Gasteiger charge is 2.71. The number of fused-ring (bicyclic) bond motifs is 5. The summed E-state index contributed by atoms with van der Waals surface area (Å²) in [6.45, 7) is 8.21. The lowest BCUT2D eigenvalue weighted by molar-refractivity contribution is -0.249. The van der Waals surface area contributed by atoms with E-state index in [4.69, 9.17) is 9.47 Å². The molecule has 8 heteroatoms. The molecule has 206 valence electrons. The van der Waals surface area contributed by atoms with Crippen LogP contribution in [-0.2, 0) is 23.9 Å². The van der Waals surface area contributed by atoms with E-state index in [0.717, 1.165) is 44.2 Å². The van der Waals surface area contributed by atoms with Crippen molar-refractivity contribution < 1.29 is 34.1 Å². The van der Waals surface area contributed by atoms with Gasteiger partial charge in [0.2, 0.25) is 0 Å². The lowest BCUT2D eigenvalue weighted by atomic mass is 9.41. The second kappa shape index (κ2) is 9.45. The highest BCUT2D eigenvalue weighted by molar-refractivity contribution is 5.85. The monoisotopic (exact) mass is 517 g/mol. The Morgan fingerprint density at radius 1 is 1.11 bits per heavy atom. The maximum atomic E-state index is 12.9. The first kappa shape index (κ1) is 26.8. The molecule has 0 aromatic carbocycles. The largest absolute Gasteiger partial charge is 0.461 e. The molecular formula is C29H43NO7. The summed E-state index contributed by atoms with van der Waals surface area (Å²) in [5.74, 6) is -0.725. The Kier molecular flexibility index (Phi) is 6.85. The molecule has 1 heterocycles. The van der Waals surface area contributed by atoms with Crippen molar-refractivity contribution in [1.82, 2.24) is 4.90 Å². The maximum Gasteiger partial charge on any atom is 0.331 e. The Morgan fingerprint density at radius 2 is 1.84 bits per heavy atom. The average Bonchev–Trinajstić information content (AvgIpc) is 3.41. The first-order valence-corrected chi connectivity index (χ1v) is 14.3. The van der Waals surface area contributed by atoms with Crippen LogP contribution in [0.1, 0.15) is 78.6 Å². The predicted molar refractivity (Wildman–Crippen MR) is 135 cm³/mol. The number of aldehydes is 1. The van der Waals surface area contributed by atoms with Crippen molar-refractivity contribution in [3.63, 3.8) is 0 Å². The second-order valence-corrected chi connectivity index (χ2v) is 12.6. The lowest BCUT2D eigenvalue weighted by Gasteiger charge is -2.65. The summed E-state index contributed by atoms with van der Waals surface area (Å²) in [4.78, 5) is 39.2. The van der Waals surface area contributed by atoms with Gasteiger partial charge in [0, 0.05) is 17.9 Å². The molecular weight excluding hydrogens is 474 g/mol. The van der Waals surface area contributed by atoms with Crippen LogP contribution < -0.4 is 0 Å². The zero-order valence-corrected chi connectivity index (χ0v) is 22.5. The molecule has 2 unspecified atom stereocenters. The molecule has 0 amide bonds. The fourth-order valence-corrected chi connectivity index (χ4v) is 9.27. The molecule has 0 aromatic rings. The average molecular weight is 518 g/mol. The van der Waals surface area contributed by atoms with Crippen molar-refractivity contribution in [2.24, 2.45) is 28.6 Å². The van der Waals surface area contributed by atoms with Crippen LogP contribution in [0.4, 0.5) is 0 Å². The summed E-state index contributed by atoms with van der Waals surface area (Å²) in [6.07, 6.45) is 7.37. The number of nitrogens with zero attached hydrogens (tertiary/aromatic N) is 1. The first-order chi connectivity index (χ1) is 17.6. The predicted octanol–water partition coefficient (Wildman–Crippen LogP) is 2.79. The van der Waals surface area contributed by atoms with Crippen LogP contribution in [0.25, 0.3) is 0 Å². The fourth-order valence-electron chi connectivity index (χ4n) is 9.27. The molecule has 0 aromatic heterocycles. The molecule has 4 aliphatic carbocycles. The molecule has 8 nitrogen and oxygen atoms in total. The van der Waals surface area contributed by atoms with Gasteiger partial charge in [0.1, 0.15) is 19.0 Å². The van der Waals surface area contributed by atoms with E-state index in [2.05, 4.69) is 6.92 Å². The van der Waals surface area contributed by atoms with Crippen LogP contribution in [0.5, 0.6) is 0 Å². The summed E-state index contributed by atoms with van der Waals surface area (Å²) < 4.78 is 11.0. The van der Waals surface area contributed by atoms with E-state index in [-0.39, 0.29) is 42.7 Å². The minimum atomic E-state index is -1.25. The number of cyclic esters (lactones) is 1. The molecule has 2 N–H and O–H groups in total. The van der Waals surface area contributed by atoms with Gasteiger partial charge >= 0.3 is 11.9 Å². The fraction of sp³-hybridized carbons (Fsp3) is 0.828. The van der Waals surface area contributed by atoms with Gasteiger partial charge in [-0.1, -0.05) is 20.8 Å². The molecule has 0 spiro atoms. The van der Waals surface area contributed by atoms with Crippen molar-refractivity contribution in [2.45, 2.75) is 95.9 Å². The van der Waals surface area contributed by atoms with E-state index in [9.17, 15) is 24.6 Å². The number of rotatable bonds is 7. The van der Waals surface area contributed by atoms with Crippen molar-refractivity contribution >= 4 is 18.2 Å². The molecule has 8 atom stereocenters. The van der Waals surface area contributed by atoms with Crippen LogP contribution >= 0.6 is 0 Å². The summed E-state index contributed by atoms with van der Waals surface area (Å²) in [5.41, 5.74) is -2.57. The van der Waals surface area contributed by atoms with Crippen LogP contribution in [0.15, 0.2) is 11.6 Å². The standard InChI is InChI=1S/C29H43NO7/c1-4-30(5-2)16-25(33)37-20-6-11-27(18-31)22-7-10-26(3)21(19-14-24(32)36-17-19)9-13-29(26,35)23(22)8-12-28(27,34)15-20/h14,18,20-23,34-35H,4-13,15-17H2,1-3H3/t20-,21+,22?,23?,26+,27-,28-,29-/m0/s1. The highest BCUT2D eigenvalue weighted by Crippen LogP contribution is 2.70. The van der Waals surface area contributed by atoms with E-state index in [1.807, 2.05) is 18.7 Å². The van der Waals surface area contributed by atoms with Crippen molar-refractivity contribution in [3.8, 4) is 0 Å². The van der Waals surface area contributed by atoms with Gasteiger partial charge in [0.05, 0.1) is 23.2 Å². The van der Waals surface area contributed by atoms with E-state index in [1.54, 1.807) is 6.08 Å². The van der Waals surface area contributed by atoms with Gasteiger partial charge in [-0.3, -0.25) is 9.69 Å². The van der Waals surface area contributed by atoms with Crippen LogP contribution in [0, 0.1) is 28.6 Å². The van der Waals surface area contributed by atoms with Gasteiger partial charge in [0.15, 0.2) is 0 Å². The summed E-state index contributed by atoms with van der Waals surface area (Å²) >= 11 is 0. The van der Waals surface area contributed by atoms with Gasteiger partial charge < -0.3 is 24.5 Å². The quantitative estimate of drug-likeness (QED) is 0.392. The molecule has 4 saturated carbocycles. The Hall–Kier alpha value is -1.77. The van der Waals surface area contributed by atoms with E-state index in [0.29, 0.717) is 38.7 Å². The molecule has 5 aliphatic rings. The number of likely N-dealkylation sites (N-methyl/N-ethyl adjacent to an activating group) is 1. The molecule has 4 fully saturated rings. The third-order valence-corrected chi connectivity index (χ3v) is 11.4. The van der Waals surface area contributed by atoms with Gasteiger partial charge in [-0.15, -0.1) is 0 Å². The van der Waals surface area contributed by atoms with E-state index in [1.165, 1.54) is 0 Å². The molecule has 37 heavy (non-hydrogen) atoms. The zero-order valence-electron chi connectivity index (χ0n) is 22.5. The smallest absolute Gasteiger partial charge is 0.331 e. The number of carbonyl (C=O) groups excluding carboxylic acids is 3. The van der Waals surface area contributed by atoms with E-state index < -0.39 is 28.1 Å². The Labute approximate surface area is 219 Å². The molecule has 1 aliphatic heterocycles. The first-order valence-electron chi connectivity index (χ1n) is 14.3. The minimum Gasteiger partial charge on any atom is -0.461 e. The number of esters is 2. The third-order valence-electron chi connectivity index (χ3n) is 11.4. The number of hydrogen-bond acceptors (Lipinski definition) is 8. The second-order valence-electron chi connectivity index (χ2n) is 12.6.